The van der Waals surface area contributed by atoms with E-state index in [-0.39, 0.29) is 17.7 Å². The summed E-state index contributed by atoms with van der Waals surface area (Å²) in [5, 5.41) is 2.31. The van der Waals surface area contributed by atoms with E-state index in [1.54, 1.807) is 6.08 Å². The lowest BCUT2D eigenvalue weighted by Gasteiger charge is -2.20. The van der Waals surface area contributed by atoms with Gasteiger partial charge in [0.15, 0.2) is 0 Å². The molecule has 1 heterocycles. The third kappa shape index (κ3) is 3.20. The van der Waals surface area contributed by atoms with E-state index in [0.29, 0.717) is 12.8 Å². The Hall–Kier alpha value is -1.64. The van der Waals surface area contributed by atoms with Crippen LogP contribution >= 0.6 is 0 Å². The second-order valence-corrected chi connectivity index (χ2v) is 3.46. The van der Waals surface area contributed by atoms with E-state index in [4.69, 9.17) is 0 Å². The number of hydrogen-bond donors (Lipinski definition) is 1. The van der Waals surface area contributed by atoms with Gasteiger partial charge in [0.1, 0.15) is 0 Å². The third-order valence-electron chi connectivity index (χ3n) is 2.30. The smallest absolute Gasteiger partial charge is 0.234 e. The fourth-order valence-corrected chi connectivity index (χ4v) is 1.45. The molecule has 0 radical (unpaired) electrons. The number of allylic oxidation sites excluding steroid dienone is 4. The van der Waals surface area contributed by atoms with E-state index in [2.05, 4.69) is 11.9 Å². The standard InChI is InChI=1S/C12H15NO2/c1-3-4-5-6-9(2)10-7-8-11(14)13-12(10)15/h3-6,10H,2,7-8H2,1H3,(H,13,14,15)/b4-3-,6-5-. The number of rotatable bonds is 3. The Bertz CT molecular complexity index is 340. The van der Waals surface area contributed by atoms with Gasteiger partial charge in [0.05, 0.1) is 5.92 Å². The van der Waals surface area contributed by atoms with Crippen molar-refractivity contribution in [3.8, 4) is 0 Å². The Morgan fingerprint density at radius 1 is 1.47 bits per heavy atom. The van der Waals surface area contributed by atoms with Crippen LogP contribution in [-0.2, 0) is 9.59 Å². The van der Waals surface area contributed by atoms with Crippen molar-refractivity contribution in [2.24, 2.45) is 5.92 Å². The van der Waals surface area contributed by atoms with Crippen LogP contribution in [0.1, 0.15) is 19.8 Å². The summed E-state index contributed by atoms with van der Waals surface area (Å²) in [7, 11) is 0. The fraction of sp³-hybridized carbons (Fsp3) is 0.333. The Balaban J connectivity index is 2.60. The summed E-state index contributed by atoms with van der Waals surface area (Å²) in [6.45, 7) is 5.75. The molecule has 0 aromatic heterocycles. The van der Waals surface area contributed by atoms with E-state index in [0.717, 1.165) is 5.57 Å². The van der Waals surface area contributed by atoms with Gasteiger partial charge in [-0.3, -0.25) is 14.9 Å². The molecule has 1 aliphatic rings. The summed E-state index contributed by atoms with van der Waals surface area (Å²) in [6, 6.07) is 0. The second-order valence-electron chi connectivity index (χ2n) is 3.46. The van der Waals surface area contributed by atoms with Crippen molar-refractivity contribution >= 4 is 11.8 Å². The zero-order valence-corrected chi connectivity index (χ0v) is 8.82. The molecule has 80 valence electrons. The Kier molecular flexibility index (Phi) is 4.03. The molecule has 3 heteroatoms. The summed E-state index contributed by atoms with van der Waals surface area (Å²) in [6.07, 6.45) is 8.37. The molecule has 1 atom stereocenters. The van der Waals surface area contributed by atoms with Crippen molar-refractivity contribution in [3.63, 3.8) is 0 Å². The predicted octanol–water partition coefficient (Wildman–Crippen LogP) is 1.73. The molecule has 1 rings (SSSR count). The lowest BCUT2D eigenvalue weighted by atomic mass is 9.91. The van der Waals surface area contributed by atoms with Gasteiger partial charge in [0.25, 0.3) is 0 Å². The molecule has 0 saturated carbocycles. The summed E-state index contributed by atoms with van der Waals surface area (Å²) in [5.74, 6) is -0.688. The molecule has 0 bridgehead atoms. The molecule has 1 N–H and O–H groups in total. The number of carbonyl (C=O) groups excluding carboxylic acids is 2. The Labute approximate surface area is 89.6 Å². The summed E-state index contributed by atoms with van der Waals surface area (Å²) < 4.78 is 0. The molecule has 1 aliphatic heterocycles. The minimum absolute atomic E-state index is 0.193. The topological polar surface area (TPSA) is 46.2 Å². The highest BCUT2D eigenvalue weighted by Gasteiger charge is 2.27. The number of hydrogen-bond acceptors (Lipinski definition) is 2. The van der Waals surface area contributed by atoms with Crippen molar-refractivity contribution in [2.45, 2.75) is 19.8 Å². The predicted molar refractivity (Wildman–Crippen MR) is 59.0 cm³/mol. The zero-order chi connectivity index (χ0) is 11.3. The van der Waals surface area contributed by atoms with E-state index >= 15 is 0 Å². The summed E-state index contributed by atoms with van der Waals surface area (Å²) in [5.41, 5.74) is 0.748. The van der Waals surface area contributed by atoms with E-state index in [1.165, 1.54) is 0 Å². The molecule has 1 saturated heterocycles. The van der Waals surface area contributed by atoms with Crippen LogP contribution in [-0.4, -0.2) is 11.8 Å². The number of imide groups is 1. The molecule has 1 unspecified atom stereocenters. The number of nitrogens with one attached hydrogen (secondary N) is 1. The largest absolute Gasteiger partial charge is 0.296 e. The Morgan fingerprint density at radius 2 is 2.20 bits per heavy atom. The lowest BCUT2D eigenvalue weighted by Crippen LogP contribution is -2.41. The molecule has 0 aliphatic carbocycles. The molecule has 1 fully saturated rings. The number of piperidine rings is 1. The quantitative estimate of drug-likeness (QED) is 0.563. The molecular formula is C12H15NO2. The molecule has 0 aromatic carbocycles. The lowest BCUT2D eigenvalue weighted by molar-refractivity contribution is -0.135. The third-order valence-corrected chi connectivity index (χ3v) is 2.30. The van der Waals surface area contributed by atoms with Crippen LogP contribution in [0, 0.1) is 5.92 Å². The maximum absolute atomic E-state index is 11.4. The number of amides is 2. The Morgan fingerprint density at radius 3 is 2.80 bits per heavy atom. The van der Waals surface area contributed by atoms with Crippen LogP contribution in [0.2, 0.25) is 0 Å². The average molecular weight is 205 g/mol. The van der Waals surface area contributed by atoms with Crippen LogP contribution < -0.4 is 5.32 Å². The highest BCUT2D eigenvalue weighted by molar-refractivity contribution is 6.00. The first-order valence-electron chi connectivity index (χ1n) is 4.97. The van der Waals surface area contributed by atoms with E-state index < -0.39 is 0 Å². The minimum atomic E-state index is -0.260. The average Bonchev–Trinajstić information content (AvgIpc) is 2.17. The molecule has 15 heavy (non-hydrogen) atoms. The maximum atomic E-state index is 11.4. The van der Waals surface area contributed by atoms with Gasteiger partial charge in [0.2, 0.25) is 11.8 Å². The van der Waals surface area contributed by atoms with Crippen LogP contribution in [0.25, 0.3) is 0 Å². The van der Waals surface area contributed by atoms with Crippen LogP contribution in [0.5, 0.6) is 0 Å². The first-order chi connectivity index (χ1) is 7.15. The normalized spacial score (nSPS) is 22.3. The second kappa shape index (κ2) is 5.29. The van der Waals surface area contributed by atoms with Gasteiger partial charge in [-0.2, -0.15) is 0 Å². The summed E-state index contributed by atoms with van der Waals surface area (Å²) in [4.78, 5) is 22.3. The highest BCUT2D eigenvalue weighted by atomic mass is 16.2. The molecule has 0 spiro atoms. The molecule has 3 nitrogen and oxygen atoms in total. The maximum Gasteiger partial charge on any atom is 0.234 e. The molecule has 0 aromatic rings. The van der Waals surface area contributed by atoms with Gasteiger partial charge in [0, 0.05) is 6.42 Å². The first-order valence-corrected chi connectivity index (χ1v) is 4.97. The van der Waals surface area contributed by atoms with Crippen molar-refractivity contribution in [1.82, 2.24) is 5.32 Å². The van der Waals surface area contributed by atoms with Gasteiger partial charge in [-0.15, -0.1) is 0 Å². The van der Waals surface area contributed by atoms with Crippen LogP contribution in [0.3, 0.4) is 0 Å². The van der Waals surface area contributed by atoms with E-state index in [1.807, 2.05) is 25.2 Å². The fourth-order valence-electron chi connectivity index (χ4n) is 1.45. The zero-order valence-electron chi connectivity index (χ0n) is 8.82. The van der Waals surface area contributed by atoms with Crippen molar-refractivity contribution < 1.29 is 9.59 Å². The van der Waals surface area contributed by atoms with E-state index in [9.17, 15) is 9.59 Å². The van der Waals surface area contributed by atoms with Gasteiger partial charge in [-0.25, -0.2) is 0 Å². The minimum Gasteiger partial charge on any atom is -0.296 e. The van der Waals surface area contributed by atoms with Crippen molar-refractivity contribution in [1.29, 1.82) is 0 Å². The SMILES string of the molecule is C=C(/C=C\C=C/C)C1CCC(=O)NC1=O. The number of carbonyl (C=O) groups is 2. The first kappa shape index (κ1) is 11.4. The summed E-state index contributed by atoms with van der Waals surface area (Å²) >= 11 is 0. The van der Waals surface area contributed by atoms with Crippen LogP contribution in [0.4, 0.5) is 0 Å². The molecular weight excluding hydrogens is 190 g/mol. The highest BCUT2D eigenvalue weighted by Crippen LogP contribution is 2.20. The van der Waals surface area contributed by atoms with Crippen molar-refractivity contribution in [2.75, 3.05) is 0 Å². The van der Waals surface area contributed by atoms with Gasteiger partial charge in [-0.1, -0.05) is 30.9 Å². The van der Waals surface area contributed by atoms with Crippen LogP contribution in [0.15, 0.2) is 36.5 Å². The van der Waals surface area contributed by atoms with Gasteiger partial charge in [-0.05, 0) is 18.9 Å². The van der Waals surface area contributed by atoms with Gasteiger partial charge < -0.3 is 0 Å². The monoisotopic (exact) mass is 205 g/mol. The molecule has 2 amide bonds. The van der Waals surface area contributed by atoms with Gasteiger partial charge >= 0.3 is 0 Å². The van der Waals surface area contributed by atoms with Crippen molar-refractivity contribution in [3.05, 3.63) is 36.5 Å².